The average Bonchev–Trinajstić information content (AvgIpc) is 2.32. The van der Waals surface area contributed by atoms with Gasteiger partial charge in [0.1, 0.15) is 0 Å². The molecule has 0 aliphatic heterocycles. The molecule has 108 valence electrons. The summed E-state index contributed by atoms with van der Waals surface area (Å²) in [7, 11) is 0. The largest absolute Gasteiger partial charge is 0.481 e. The number of carbonyl (C=O) groups is 1. The number of carboxylic acids is 1. The Balaban J connectivity index is 3.78. The molecule has 0 heterocycles. The quantitative estimate of drug-likeness (QED) is 0.631. The molecule has 0 saturated heterocycles. The third-order valence-corrected chi connectivity index (χ3v) is 3.48. The van der Waals surface area contributed by atoms with E-state index in [0.29, 0.717) is 12.6 Å². The summed E-state index contributed by atoms with van der Waals surface area (Å²) in [5, 5.41) is 12.3. The molecule has 0 saturated carbocycles. The van der Waals surface area contributed by atoms with Crippen LogP contribution in [0.2, 0.25) is 0 Å². The standard InChI is InChI=1S/C14H30N2O2/c1-6-16(7-2)10-8-9-12(3)15-11-14(4,5)13(17)18/h12,15H,6-11H2,1-5H3,(H,17,18). The molecule has 4 heteroatoms. The number of nitrogens with zero attached hydrogens (tertiary/aromatic N) is 1. The molecule has 1 unspecified atom stereocenters. The Hall–Kier alpha value is -0.610. The SMILES string of the molecule is CCN(CC)CCCC(C)NCC(C)(C)C(=O)O. The van der Waals surface area contributed by atoms with Gasteiger partial charge in [-0.15, -0.1) is 0 Å². The van der Waals surface area contributed by atoms with Crippen LogP contribution in [0.25, 0.3) is 0 Å². The van der Waals surface area contributed by atoms with Gasteiger partial charge in [0.15, 0.2) is 0 Å². The maximum Gasteiger partial charge on any atom is 0.310 e. The van der Waals surface area contributed by atoms with E-state index in [9.17, 15) is 4.79 Å². The van der Waals surface area contributed by atoms with Gasteiger partial charge in [-0.05, 0) is 53.2 Å². The van der Waals surface area contributed by atoms with Crippen LogP contribution in [-0.4, -0.2) is 48.2 Å². The first-order valence-electron chi connectivity index (χ1n) is 7.02. The molecule has 0 radical (unpaired) electrons. The minimum Gasteiger partial charge on any atom is -0.481 e. The third-order valence-electron chi connectivity index (χ3n) is 3.48. The van der Waals surface area contributed by atoms with Crippen molar-refractivity contribution in [3.63, 3.8) is 0 Å². The van der Waals surface area contributed by atoms with Gasteiger partial charge >= 0.3 is 5.97 Å². The molecule has 0 fully saturated rings. The Labute approximate surface area is 112 Å². The molecule has 0 aromatic rings. The number of rotatable bonds is 10. The van der Waals surface area contributed by atoms with Gasteiger partial charge in [0.2, 0.25) is 0 Å². The van der Waals surface area contributed by atoms with Crippen molar-refractivity contribution in [2.45, 2.75) is 53.5 Å². The monoisotopic (exact) mass is 258 g/mol. The first kappa shape index (κ1) is 17.4. The maximum absolute atomic E-state index is 11.0. The smallest absolute Gasteiger partial charge is 0.310 e. The summed E-state index contributed by atoms with van der Waals surface area (Å²) in [5.41, 5.74) is -0.687. The molecule has 1 atom stereocenters. The van der Waals surface area contributed by atoms with Crippen LogP contribution >= 0.6 is 0 Å². The van der Waals surface area contributed by atoms with E-state index in [2.05, 4.69) is 31.0 Å². The molecular formula is C14H30N2O2. The Kier molecular flexibility index (Phi) is 8.20. The van der Waals surface area contributed by atoms with Gasteiger partial charge in [0.25, 0.3) is 0 Å². The molecular weight excluding hydrogens is 228 g/mol. The Morgan fingerprint density at radius 1 is 1.33 bits per heavy atom. The Bertz CT molecular complexity index is 238. The number of hydrogen-bond acceptors (Lipinski definition) is 3. The fourth-order valence-corrected chi connectivity index (χ4v) is 1.77. The molecule has 0 aromatic heterocycles. The molecule has 2 N–H and O–H groups in total. The van der Waals surface area contributed by atoms with Gasteiger partial charge in [-0.25, -0.2) is 0 Å². The van der Waals surface area contributed by atoms with Gasteiger partial charge in [0, 0.05) is 12.6 Å². The van der Waals surface area contributed by atoms with Crippen LogP contribution < -0.4 is 5.32 Å². The lowest BCUT2D eigenvalue weighted by atomic mass is 9.93. The van der Waals surface area contributed by atoms with E-state index in [1.54, 1.807) is 13.8 Å². The zero-order valence-corrected chi connectivity index (χ0v) is 12.6. The Morgan fingerprint density at radius 3 is 2.33 bits per heavy atom. The van der Waals surface area contributed by atoms with Crippen molar-refractivity contribution in [1.29, 1.82) is 0 Å². The molecule has 0 amide bonds. The highest BCUT2D eigenvalue weighted by molar-refractivity contribution is 5.73. The molecule has 4 nitrogen and oxygen atoms in total. The predicted molar refractivity (Wildman–Crippen MR) is 75.9 cm³/mol. The highest BCUT2D eigenvalue weighted by Gasteiger charge is 2.26. The van der Waals surface area contributed by atoms with Crippen LogP contribution in [0, 0.1) is 5.41 Å². The van der Waals surface area contributed by atoms with E-state index in [1.165, 1.54) is 0 Å². The second-order valence-corrected chi connectivity index (χ2v) is 5.64. The zero-order chi connectivity index (χ0) is 14.2. The van der Waals surface area contributed by atoms with Gasteiger partial charge in [-0.3, -0.25) is 4.79 Å². The van der Waals surface area contributed by atoms with Crippen LogP contribution in [0.15, 0.2) is 0 Å². The van der Waals surface area contributed by atoms with Crippen LogP contribution in [0.1, 0.15) is 47.5 Å². The topological polar surface area (TPSA) is 52.6 Å². The van der Waals surface area contributed by atoms with E-state index in [4.69, 9.17) is 5.11 Å². The first-order valence-corrected chi connectivity index (χ1v) is 7.02. The summed E-state index contributed by atoms with van der Waals surface area (Å²) in [4.78, 5) is 13.4. The van der Waals surface area contributed by atoms with Crippen LogP contribution in [0.4, 0.5) is 0 Å². The summed E-state index contributed by atoms with van der Waals surface area (Å²) in [5.74, 6) is -0.745. The molecule has 0 aliphatic rings. The average molecular weight is 258 g/mol. The first-order chi connectivity index (χ1) is 8.33. The number of nitrogens with one attached hydrogen (secondary N) is 1. The summed E-state index contributed by atoms with van der Waals surface area (Å²) >= 11 is 0. The van der Waals surface area contributed by atoms with E-state index in [1.807, 2.05) is 0 Å². The van der Waals surface area contributed by atoms with E-state index in [-0.39, 0.29) is 0 Å². The third kappa shape index (κ3) is 6.97. The van der Waals surface area contributed by atoms with Crippen molar-refractivity contribution in [1.82, 2.24) is 10.2 Å². The number of hydrogen-bond donors (Lipinski definition) is 2. The molecule has 0 rings (SSSR count). The van der Waals surface area contributed by atoms with Crippen LogP contribution in [0.5, 0.6) is 0 Å². The molecule has 0 aromatic carbocycles. The highest BCUT2D eigenvalue weighted by atomic mass is 16.4. The van der Waals surface area contributed by atoms with Gasteiger partial charge in [0.05, 0.1) is 5.41 Å². The summed E-state index contributed by atoms with van der Waals surface area (Å²) in [6, 6.07) is 0.374. The van der Waals surface area contributed by atoms with Crippen molar-refractivity contribution < 1.29 is 9.90 Å². The van der Waals surface area contributed by atoms with Gasteiger partial charge in [-0.1, -0.05) is 13.8 Å². The molecule has 18 heavy (non-hydrogen) atoms. The number of aliphatic carboxylic acids is 1. The second-order valence-electron chi connectivity index (χ2n) is 5.64. The molecule has 0 bridgehead atoms. The summed E-state index contributed by atoms with van der Waals surface area (Å²) < 4.78 is 0. The zero-order valence-electron chi connectivity index (χ0n) is 12.6. The molecule has 0 aliphatic carbocycles. The summed E-state index contributed by atoms with van der Waals surface area (Å²) in [6.45, 7) is 13.8. The van der Waals surface area contributed by atoms with Crippen molar-refractivity contribution in [3.05, 3.63) is 0 Å². The normalized spacial score (nSPS) is 13.9. The van der Waals surface area contributed by atoms with Gasteiger partial charge in [-0.2, -0.15) is 0 Å². The van der Waals surface area contributed by atoms with E-state index in [0.717, 1.165) is 32.5 Å². The lowest BCUT2D eigenvalue weighted by Crippen LogP contribution is -2.40. The predicted octanol–water partition coefficient (Wildman–Crippen LogP) is 2.20. The molecule has 0 spiro atoms. The number of carboxylic acid groups (broad SMARTS) is 1. The maximum atomic E-state index is 11.0. The second kappa shape index (κ2) is 8.48. The Morgan fingerprint density at radius 2 is 1.89 bits per heavy atom. The highest BCUT2D eigenvalue weighted by Crippen LogP contribution is 2.14. The van der Waals surface area contributed by atoms with E-state index < -0.39 is 11.4 Å². The fourth-order valence-electron chi connectivity index (χ4n) is 1.77. The lowest BCUT2D eigenvalue weighted by molar-refractivity contribution is -0.146. The minimum atomic E-state index is -0.745. The lowest BCUT2D eigenvalue weighted by Gasteiger charge is -2.24. The van der Waals surface area contributed by atoms with E-state index >= 15 is 0 Å². The summed E-state index contributed by atoms with van der Waals surface area (Å²) in [6.07, 6.45) is 2.25. The van der Waals surface area contributed by atoms with Crippen molar-refractivity contribution in [2.24, 2.45) is 5.41 Å². The van der Waals surface area contributed by atoms with Crippen molar-refractivity contribution in [3.8, 4) is 0 Å². The minimum absolute atomic E-state index is 0.374. The fraction of sp³-hybridized carbons (Fsp3) is 0.929. The van der Waals surface area contributed by atoms with Crippen molar-refractivity contribution in [2.75, 3.05) is 26.2 Å². The van der Waals surface area contributed by atoms with Gasteiger partial charge < -0.3 is 15.3 Å². The van der Waals surface area contributed by atoms with Crippen molar-refractivity contribution >= 4 is 5.97 Å². The van der Waals surface area contributed by atoms with Crippen LogP contribution in [0.3, 0.4) is 0 Å². The van der Waals surface area contributed by atoms with Crippen LogP contribution in [-0.2, 0) is 4.79 Å².